The molecule has 0 spiro atoms. The van der Waals surface area contributed by atoms with Gasteiger partial charge in [-0.3, -0.25) is 4.79 Å². The molecule has 0 radical (unpaired) electrons. The summed E-state index contributed by atoms with van der Waals surface area (Å²) >= 11 is 28.7. The molecule has 1 atom stereocenters. The van der Waals surface area contributed by atoms with Gasteiger partial charge in [-0.2, -0.15) is 26.3 Å². The lowest BCUT2D eigenvalue weighted by molar-refractivity contribution is -0.139. The van der Waals surface area contributed by atoms with E-state index in [-0.39, 0.29) is 41.8 Å². The summed E-state index contributed by atoms with van der Waals surface area (Å²) in [4.78, 5) is 12.4. The third kappa shape index (κ3) is 8.92. The van der Waals surface area contributed by atoms with Crippen molar-refractivity contribution in [1.29, 1.82) is 0 Å². The molecule has 2 aromatic rings. The molecular formula is C23H18Cl4F6N2OS. The van der Waals surface area contributed by atoms with Crippen molar-refractivity contribution in [2.45, 2.75) is 37.7 Å². The molecule has 0 aliphatic rings. The third-order valence-corrected chi connectivity index (χ3v) is 7.04. The van der Waals surface area contributed by atoms with Gasteiger partial charge in [-0.05, 0) is 49.2 Å². The Hall–Kier alpha value is -1.72. The van der Waals surface area contributed by atoms with Crippen molar-refractivity contribution in [3.05, 3.63) is 73.2 Å². The lowest BCUT2D eigenvalue weighted by atomic mass is 9.97. The number of carbonyl (C=O) groups is 1. The maximum Gasteiger partial charge on any atom is 0.405 e. The van der Waals surface area contributed by atoms with Gasteiger partial charge < -0.3 is 10.6 Å². The Labute approximate surface area is 234 Å². The van der Waals surface area contributed by atoms with Crippen LogP contribution < -0.4 is 10.6 Å². The molecule has 14 heteroatoms. The topological polar surface area (TPSA) is 41.1 Å². The molecule has 0 bridgehead atoms. The molecule has 2 rings (SSSR count). The lowest BCUT2D eigenvalue weighted by Crippen LogP contribution is -2.55. The number of halogens is 10. The number of hydrogen-bond donors (Lipinski definition) is 2. The Bertz CT molecular complexity index is 1190. The van der Waals surface area contributed by atoms with E-state index in [0.29, 0.717) is 0 Å². The fraction of sp³-hybridized carbons (Fsp3) is 0.304. The predicted molar refractivity (Wildman–Crippen MR) is 139 cm³/mol. The number of nitrogens with one attached hydrogen (secondary N) is 2. The number of hydrogen-bond acceptors (Lipinski definition) is 2. The molecule has 0 aliphatic carbocycles. The fourth-order valence-electron chi connectivity index (χ4n) is 3.00. The van der Waals surface area contributed by atoms with Gasteiger partial charge in [0.15, 0.2) is 0 Å². The first kappa shape index (κ1) is 31.5. The van der Waals surface area contributed by atoms with Gasteiger partial charge in [0.1, 0.15) is 11.5 Å². The van der Waals surface area contributed by atoms with Crippen LogP contribution in [0.1, 0.15) is 41.3 Å². The minimum atomic E-state index is -4.69. The number of benzene rings is 2. The summed E-state index contributed by atoms with van der Waals surface area (Å²) < 4.78 is 78.5. The zero-order chi connectivity index (χ0) is 28.3. The van der Waals surface area contributed by atoms with Crippen LogP contribution in [0, 0.1) is 0 Å². The van der Waals surface area contributed by atoms with Gasteiger partial charge in [-0.1, -0.05) is 76.8 Å². The van der Waals surface area contributed by atoms with Crippen molar-refractivity contribution < 1.29 is 31.1 Å². The standard InChI is InChI=1S/C23H18Cl4F6N2OS/c1-21(2,20(37)34-10-22(28,29)30)35-19(36)13-5-3-11(7-15(13)24)4-6-14(23(31,32)33)12-8-16(25)18(27)17(26)9-12/h3-9,14H,10H2,1-2H3,(H,34,37)(H,35,36). The number of rotatable bonds is 7. The van der Waals surface area contributed by atoms with Crippen LogP contribution in [0.25, 0.3) is 6.08 Å². The second kappa shape index (κ2) is 12.0. The average Bonchev–Trinajstić information content (AvgIpc) is 2.74. The number of amides is 1. The highest BCUT2D eigenvalue weighted by molar-refractivity contribution is 7.80. The highest BCUT2D eigenvalue weighted by Gasteiger charge is 2.39. The van der Waals surface area contributed by atoms with E-state index in [1.54, 1.807) is 0 Å². The van der Waals surface area contributed by atoms with E-state index in [1.165, 1.54) is 32.0 Å². The van der Waals surface area contributed by atoms with Crippen LogP contribution >= 0.6 is 58.6 Å². The van der Waals surface area contributed by atoms with Crippen molar-refractivity contribution in [1.82, 2.24) is 10.6 Å². The average molecular weight is 626 g/mol. The minimum Gasteiger partial charge on any atom is -0.369 e. The van der Waals surface area contributed by atoms with Gasteiger partial charge >= 0.3 is 12.4 Å². The number of allylic oxidation sites excluding steroid dienone is 1. The van der Waals surface area contributed by atoms with Crippen LogP contribution in [0.5, 0.6) is 0 Å². The molecule has 1 amide bonds. The maximum atomic E-state index is 13.7. The number of carbonyl (C=O) groups excluding carboxylic acids is 1. The second-order valence-electron chi connectivity index (χ2n) is 8.29. The Morgan fingerprint density at radius 3 is 2.03 bits per heavy atom. The monoisotopic (exact) mass is 624 g/mol. The first-order valence-corrected chi connectivity index (χ1v) is 12.1. The van der Waals surface area contributed by atoms with E-state index in [9.17, 15) is 31.1 Å². The van der Waals surface area contributed by atoms with Crippen LogP contribution in [0.15, 0.2) is 36.4 Å². The molecule has 3 nitrogen and oxygen atoms in total. The van der Waals surface area contributed by atoms with Crippen molar-refractivity contribution in [3.8, 4) is 0 Å². The normalized spacial score (nSPS) is 13.5. The van der Waals surface area contributed by atoms with Crippen molar-refractivity contribution in [3.63, 3.8) is 0 Å². The summed E-state index contributed by atoms with van der Waals surface area (Å²) in [5.74, 6) is -2.83. The molecule has 1 unspecified atom stereocenters. The van der Waals surface area contributed by atoms with Crippen LogP contribution in [-0.4, -0.2) is 35.3 Å². The van der Waals surface area contributed by atoms with Gasteiger partial charge in [-0.15, -0.1) is 0 Å². The summed E-state index contributed by atoms with van der Waals surface area (Å²) in [6, 6.07) is 6.00. The molecule has 37 heavy (non-hydrogen) atoms. The number of thiocarbonyl (C=S) groups is 1. The fourth-order valence-corrected chi connectivity index (χ4v) is 4.01. The molecule has 0 saturated heterocycles. The van der Waals surface area contributed by atoms with E-state index in [0.717, 1.165) is 24.3 Å². The van der Waals surface area contributed by atoms with Crippen LogP contribution in [-0.2, 0) is 0 Å². The van der Waals surface area contributed by atoms with Crippen LogP contribution in [0.2, 0.25) is 20.1 Å². The molecule has 0 heterocycles. The van der Waals surface area contributed by atoms with E-state index >= 15 is 0 Å². The van der Waals surface area contributed by atoms with E-state index < -0.39 is 36.3 Å². The maximum absolute atomic E-state index is 13.7. The zero-order valence-electron chi connectivity index (χ0n) is 18.9. The van der Waals surface area contributed by atoms with Gasteiger partial charge in [0.25, 0.3) is 5.91 Å². The highest BCUT2D eigenvalue weighted by atomic mass is 35.5. The summed E-state index contributed by atoms with van der Waals surface area (Å²) in [6.45, 7) is 1.42. The molecule has 0 aromatic heterocycles. The summed E-state index contributed by atoms with van der Waals surface area (Å²) in [6.07, 6.45) is -7.17. The molecular weight excluding hydrogens is 608 g/mol. The first-order valence-electron chi connectivity index (χ1n) is 10.2. The second-order valence-corrected chi connectivity index (χ2v) is 10.3. The van der Waals surface area contributed by atoms with Gasteiger partial charge in [0.05, 0.1) is 37.1 Å². The molecule has 2 aromatic carbocycles. The summed E-state index contributed by atoms with van der Waals surface area (Å²) in [7, 11) is 0. The Morgan fingerprint density at radius 1 is 0.973 bits per heavy atom. The van der Waals surface area contributed by atoms with Gasteiger partial charge in [0.2, 0.25) is 0 Å². The van der Waals surface area contributed by atoms with Crippen molar-refractivity contribution >= 4 is 75.6 Å². The van der Waals surface area contributed by atoms with Gasteiger partial charge in [-0.25, -0.2) is 0 Å². The largest absolute Gasteiger partial charge is 0.405 e. The first-order chi connectivity index (χ1) is 16.8. The zero-order valence-corrected chi connectivity index (χ0v) is 22.8. The Morgan fingerprint density at radius 2 is 1.54 bits per heavy atom. The SMILES string of the molecule is CC(C)(NC(=O)c1ccc(C=CC(c2cc(Cl)c(Cl)c(Cl)c2)C(F)(F)F)cc1Cl)C(=S)NCC(F)(F)F. The third-order valence-electron chi connectivity index (χ3n) is 4.88. The van der Waals surface area contributed by atoms with Gasteiger partial charge in [0, 0.05) is 0 Å². The molecule has 0 saturated carbocycles. The van der Waals surface area contributed by atoms with Crippen LogP contribution in [0.3, 0.4) is 0 Å². The van der Waals surface area contributed by atoms with Crippen molar-refractivity contribution in [2.75, 3.05) is 6.54 Å². The molecule has 0 fully saturated rings. The molecule has 0 aliphatic heterocycles. The summed E-state index contributed by atoms with van der Waals surface area (Å²) in [5, 5.41) is 4.07. The summed E-state index contributed by atoms with van der Waals surface area (Å²) in [5.41, 5.74) is -1.42. The van der Waals surface area contributed by atoms with Crippen LogP contribution in [0.4, 0.5) is 26.3 Å². The number of alkyl halides is 6. The smallest absolute Gasteiger partial charge is 0.369 e. The van der Waals surface area contributed by atoms with Crippen molar-refractivity contribution in [2.24, 2.45) is 0 Å². The van der Waals surface area contributed by atoms with E-state index in [2.05, 4.69) is 5.32 Å². The van der Waals surface area contributed by atoms with E-state index in [1.807, 2.05) is 5.32 Å². The minimum absolute atomic E-state index is 0.0610. The predicted octanol–water partition coefficient (Wildman–Crippen LogP) is 8.65. The molecule has 2 N–H and O–H groups in total. The lowest BCUT2D eigenvalue weighted by Gasteiger charge is -2.28. The van der Waals surface area contributed by atoms with E-state index in [4.69, 9.17) is 58.6 Å². The Balaban J connectivity index is 2.24. The Kier molecular flexibility index (Phi) is 10.2. The quantitative estimate of drug-likeness (QED) is 0.184. The highest BCUT2D eigenvalue weighted by Crippen LogP contribution is 2.41. The molecule has 202 valence electrons.